The standard InChI is InChI=1S/C21H33N5/c22-18-6-10-20(11-7-18)25-16-4-2-1-3-14-24-15-5-17-26-21-12-8-19(23)9-13-21/h6-13,24-26H,1-5,14-17,22-23H2. The summed E-state index contributed by atoms with van der Waals surface area (Å²) in [6.07, 6.45) is 6.11. The number of hydrogen-bond donors (Lipinski definition) is 5. The lowest BCUT2D eigenvalue weighted by Crippen LogP contribution is -2.19. The van der Waals surface area contributed by atoms with Gasteiger partial charge in [0.05, 0.1) is 0 Å². The molecule has 7 N–H and O–H groups in total. The molecule has 0 saturated carbocycles. The molecular formula is C21H33N5. The van der Waals surface area contributed by atoms with Gasteiger partial charge in [0.15, 0.2) is 0 Å². The van der Waals surface area contributed by atoms with E-state index in [4.69, 9.17) is 11.5 Å². The van der Waals surface area contributed by atoms with Crippen molar-refractivity contribution in [3.8, 4) is 0 Å². The van der Waals surface area contributed by atoms with E-state index >= 15 is 0 Å². The highest BCUT2D eigenvalue weighted by Crippen LogP contribution is 2.11. The van der Waals surface area contributed by atoms with Crippen LogP contribution in [0.4, 0.5) is 22.7 Å². The van der Waals surface area contributed by atoms with E-state index in [-0.39, 0.29) is 0 Å². The predicted octanol–water partition coefficient (Wildman–Crippen LogP) is 3.92. The van der Waals surface area contributed by atoms with Crippen molar-refractivity contribution in [2.75, 3.05) is 48.3 Å². The van der Waals surface area contributed by atoms with Crippen LogP contribution in [0.15, 0.2) is 48.5 Å². The van der Waals surface area contributed by atoms with Crippen LogP contribution in [-0.2, 0) is 0 Å². The first-order chi connectivity index (χ1) is 12.7. The highest BCUT2D eigenvalue weighted by Gasteiger charge is 1.94. The third-order valence-corrected chi connectivity index (χ3v) is 4.29. The maximum absolute atomic E-state index is 5.68. The molecule has 2 rings (SSSR count). The first-order valence-corrected chi connectivity index (χ1v) is 9.63. The summed E-state index contributed by atoms with van der Waals surface area (Å²) in [5.74, 6) is 0. The average Bonchev–Trinajstić information content (AvgIpc) is 2.65. The molecule has 0 aliphatic carbocycles. The lowest BCUT2D eigenvalue weighted by Gasteiger charge is -2.08. The molecule has 2 aromatic rings. The van der Waals surface area contributed by atoms with Crippen LogP contribution < -0.4 is 27.4 Å². The molecule has 0 aliphatic heterocycles. The fourth-order valence-electron chi connectivity index (χ4n) is 2.73. The van der Waals surface area contributed by atoms with Crippen molar-refractivity contribution in [3.05, 3.63) is 48.5 Å². The van der Waals surface area contributed by atoms with Crippen LogP contribution in [0.3, 0.4) is 0 Å². The highest BCUT2D eigenvalue weighted by atomic mass is 14.9. The topological polar surface area (TPSA) is 88.1 Å². The Morgan fingerprint density at radius 1 is 0.500 bits per heavy atom. The van der Waals surface area contributed by atoms with E-state index in [0.29, 0.717) is 0 Å². The fourth-order valence-corrected chi connectivity index (χ4v) is 2.73. The van der Waals surface area contributed by atoms with Gasteiger partial charge in [0.1, 0.15) is 0 Å². The summed E-state index contributed by atoms with van der Waals surface area (Å²) >= 11 is 0. The Bertz CT molecular complexity index is 539. The van der Waals surface area contributed by atoms with Crippen LogP contribution in [0, 0.1) is 0 Å². The van der Waals surface area contributed by atoms with E-state index in [0.717, 1.165) is 55.3 Å². The summed E-state index contributed by atoms with van der Waals surface area (Å²) in [5.41, 5.74) is 15.2. The molecule has 5 heteroatoms. The van der Waals surface area contributed by atoms with Crippen LogP contribution in [0.1, 0.15) is 32.1 Å². The molecule has 0 spiro atoms. The van der Waals surface area contributed by atoms with Crippen molar-refractivity contribution in [3.63, 3.8) is 0 Å². The van der Waals surface area contributed by atoms with Crippen LogP contribution >= 0.6 is 0 Å². The molecule has 2 aromatic carbocycles. The summed E-state index contributed by atoms with van der Waals surface area (Å²) in [4.78, 5) is 0. The zero-order valence-electron chi connectivity index (χ0n) is 15.6. The predicted molar refractivity (Wildman–Crippen MR) is 115 cm³/mol. The minimum atomic E-state index is 0.804. The minimum Gasteiger partial charge on any atom is -0.399 e. The molecule has 142 valence electrons. The first-order valence-electron chi connectivity index (χ1n) is 9.63. The Kier molecular flexibility index (Phi) is 9.22. The third kappa shape index (κ3) is 8.62. The maximum Gasteiger partial charge on any atom is 0.0341 e. The number of nitrogens with one attached hydrogen (secondary N) is 3. The molecule has 0 saturated heterocycles. The molecule has 0 atom stereocenters. The second-order valence-electron chi connectivity index (χ2n) is 6.62. The minimum absolute atomic E-state index is 0.804. The molecule has 0 unspecified atom stereocenters. The number of nitrogens with two attached hydrogens (primary N) is 2. The average molecular weight is 356 g/mol. The van der Waals surface area contributed by atoms with Crippen LogP contribution in [0.25, 0.3) is 0 Å². The molecular weight excluding hydrogens is 322 g/mol. The molecule has 0 bridgehead atoms. The summed E-state index contributed by atoms with van der Waals surface area (Å²) in [6, 6.07) is 15.8. The van der Waals surface area contributed by atoms with Crippen molar-refractivity contribution in [2.24, 2.45) is 0 Å². The molecule has 0 aromatic heterocycles. The van der Waals surface area contributed by atoms with Gasteiger partial charge in [-0.25, -0.2) is 0 Å². The van der Waals surface area contributed by atoms with Gasteiger partial charge in [0.25, 0.3) is 0 Å². The van der Waals surface area contributed by atoms with Crippen molar-refractivity contribution in [1.29, 1.82) is 0 Å². The van der Waals surface area contributed by atoms with Crippen LogP contribution in [0.5, 0.6) is 0 Å². The van der Waals surface area contributed by atoms with E-state index < -0.39 is 0 Å². The van der Waals surface area contributed by atoms with Gasteiger partial charge in [0.2, 0.25) is 0 Å². The summed E-state index contributed by atoms with van der Waals surface area (Å²) in [5, 5.41) is 10.3. The summed E-state index contributed by atoms with van der Waals surface area (Å²) < 4.78 is 0. The maximum atomic E-state index is 5.68. The van der Waals surface area contributed by atoms with Crippen molar-refractivity contribution in [2.45, 2.75) is 32.1 Å². The van der Waals surface area contributed by atoms with Crippen LogP contribution in [-0.4, -0.2) is 26.2 Å². The molecule has 26 heavy (non-hydrogen) atoms. The zero-order chi connectivity index (χ0) is 18.5. The monoisotopic (exact) mass is 355 g/mol. The number of unbranched alkanes of at least 4 members (excludes halogenated alkanes) is 3. The largest absolute Gasteiger partial charge is 0.399 e. The van der Waals surface area contributed by atoms with E-state index in [9.17, 15) is 0 Å². The quantitative estimate of drug-likeness (QED) is 0.278. The van der Waals surface area contributed by atoms with Gasteiger partial charge in [-0.15, -0.1) is 0 Å². The fraction of sp³-hybridized carbons (Fsp3) is 0.429. The number of nitrogen functional groups attached to an aromatic ring is 2. The van der Waals surface area contributed by atoms with Gasteiger partial charge in [-0.1, -0.05) is 12.8 Å². The van der Waals surface area contributed by atoms with Gasteiger partial charge in [0, 0.05) is 35.8 Å². The summed E-state index contributed by atoms with van der Waals surface area (Å²) in [7, 11) is 0. The number of anilines is 4. The van der Waals surface area contributed by atoms with Crippen LogP contribution in [0.2, 0.25) is 0 Å². The van der Waals surface area contributed by atoms with Crippen molar-refractivity contribution < 1.29 is 0 Å². The number of rotatable bonds is 13. The third-order valence-electron chi connectivity index (χ3n) is 4.29. The Morgan fingerprint density at radius 3 is 1.46 bits per heavy atom. The highest BCUT2D eigenvalue weighted by molar-refractivity contribution is 5.51. The van der Waals surface area contributed by atoms with E-state index in [1.165, 1.54) is 25.7 Å². The van der Waals surface area contributed by atoms with Gasteiger partial charge in [-0.05, 0) is 80.9 Å². The second-order valence-corrected chi connectivity index (χ2v) is 6.62. The van der Waals surface area contributed by atoms with Crippen molar-refractivity contribution >= 4 is 22.7 Å². The van der Waals surface area contributed by atoms with E-state index in [1.54, 1.807) is 0 Å². The molecule has 5 nitrogen and oxygen atoms in total. The van der Waals surface area contributed by atoms with Crippen molar-refractivity contribution in [1.82, 2.24) is 5.32 Å². The Hall–Kier alpha value is -2.40. The molecule has 0 fully saturated rings. The number of hydrogen-bond acceptors (Lipinski definition) is 5. The second kappa shape index (κ2) is 12.0. The van der Waals surface area contributed by atoms with Gasteiger partial charge < -0.3 is 27.4 Å². The van der Waals surface area contributed by atoms with Gasteiger partial charge in [-0.3, -0.25) is 0 Å². The lowest BCUT2D eigenvalue weighted by atomic mass is 10.2. The molecule has 0 radical (unpaired) electrons. The Morgan fingerprint density at radius 2 is 0.923 bits per heavy atom. The Labute approximate surface area is 157 Å². The van der Waals surface area contributed by atoms with E-state index in [1.807, 2.05) is 48.5 Å². The van der Waals surface area contributed by atoms with Gasteiger partial charge in [-0.2, -0.15) is 0 Å². The normalized spacial score (nSPS) is 10.6. The SMILES string of the molecule is Nc1ccc(NCCCCCCNCCCNc2ccc(N)cc2)cc1. The summed E-state index contributed by atoms with van der Waals surface area (Å²) in [6.45, 7) is 4.16. The Balaban J connectivity index is 1.35. The molecule has 0 aliphatic rings. The zero-order valence-corrected chi connectivity index (χ0v) is 15.6. The lowest BCUT2D eigenvalue weighted by molar-refractivity contribution is 0.587. The number of benzene rings is 2. The molecule has 0 heterocycles. The molecule has 0 amide bonds. The first kappa shape index (κ1) is 19.9. The van der Waals surface area contributed by atoms with Gasteiger partial charge >= 0.3 is 0 Å². The van der Waals surface area contributed by atoms with E-state index in [2.05, 4.69) is 16.0 Å². The smallest absolute Gasteiger partial charge is 0.0341 e.